The Morgan fingerprint density at radius 1 is 0.968 bits per heavy atom. The average Bonchev–Trinajstić information content (AvgIpc) is 3.28. The van der Waals surface area contributed by atoms with Crippen LogP contribution >= 0.6 is 0 Å². The van der Waals surface area contributed by atoms with Gasteiger partial charge in [0.2, 0.25) is 0 Å². The number of benzene rings is 3. The first-order chi connectivity index (χ1) is 15.1. The van der Waals surface area contributed by atoms with E-state index in [9.17, 15) is 5.11 Å². The molecule has 162 valence electrons. The lowest BCUT2D eigenvalue weighted by Crippen LogP contribution is -2.34. The minimum atomic E-state index is -0.492. The predicted octanol–water partition coefficient (Wildman–Crippen LogP) is 5.67. The van der Waals surface area contributed by atoms with Gasteiger partial charge in [0.1, 0.15) is 12.4 Å². The summed E-state index contributed by atoms with van der Waals surface area (Å²) in [6.45, 7) is 4.90. The van der Waals surface area contributed by atoms with Crippen LogP contribution in [-0.4, -0.2) is 17.2 Å². The van der Waals surface area contributed by atoms with Gasteiger partial charge in [-0.25, -0.2) is 0 Å². The van der Waals surface area contributed by atoms with E-state index in [2.05, 4.69) is 49.5 Å². The monoisotopic (exact) mass is 415 g/mol. The first-order valence-corrected chi connectivity index (χ1v) is 11.4. The molecule has 3 nitrogen and oxygen atoms in total. The van der Waals surface area contributed by atoms with Crippen LogP contribution < -0.4 is 10.1 Å². The molecule has 1 heterocycles. The number of nitrogens with one attached hydrogen (secondary N) is 1. The van der Waals surface area contributed by atoms with Crippen LogP contribution in [0.2, 0.25) is 0 Å². The number of rotatable bonds is 8. The second-order valence-electron chi connectivity index (χ2n) is 8.80. The van der Waals surface area contributed by atoms with Crippen LogP contribution in [0.4, 0.5) is 0 Å². The molecule has 0 aromatic heterocycles. The van der Waals surface area contributed by atoms with E-state index < -0.39 is 6.10 Å². The Morgan fingerprint density at radius 2 is 1.74 bits per heavy atom. The smallest absolute Gasteiger partial charge is 0.119 e. The van der Waals surface area contributed by atoms with Crippen molar-refractivity contribution in [3.05, 3.63) is 101 Å². The summed E-state index contributed by atoms with van der Waals surface area (Å²) in [5, 5.41) is 14.6. The van der Waals surface area contributed by atoms with Crippen molar-refractivity contribution in [2.45, 2.75) is 64.3 Å². The fraction of sp³-hybridized carbons (Fsp3) is 0.357. The quantitative estimate of drug-likeness (QED) is 0.498. The van der Waals surface area contributed by atoms with Crippen molar-refractivity contribution in [3.63, 3.8) is 0 Å². The zero-order valence-electron chi connectivity index (χ0n) is 18.6. The van der Waals surface area contributed by atoms with Gasteiger partial charge >= 0.3 is 0 Å². The van der Waals surface area contributed by atoms with Crippen molar-refractivity contribution < 1.29 is 9.84 Å². The standard InChI is InChI=1S/C28H33NO2/c1-20-8-9-21(2)24(18-20)10-13-25-14-17-27(29-25)28(30)23-11-15-26(16-12-23)31-19-22-6-4-3-5-7-22/h3-9,11-12,15-16,18,25,27-30H,10,13-14,17,19H2,1-2H3. The maximum Gasteiger partial charge on any atom is 0.119 e. The van der Waals surface area contributed by atoms with Gasteiger partial charge in [0.15, 0.2) is 0 Å². The molecule has 3 heteroatoms. The zero-order valence-corrected chi connectivity index (χ0v) is 18.6. The van der Waals surface area contributed by atoms with E-state index in [1.54, 1.807) is 0 Å². The first kappa shape index (κ1) is 21.6. The van der Waals surface area contributed by atoms with E-state index >= 15 is 0 Å². The molecule has 1 aliphatic heterocycles. The van der Waals surface area contributed by atoms with E-state index in [4.69, 9.17) is 4.74 Å². The average molecular weight is 416 g/mol. The number of aryl methyl sites for hydroxylation is 3. The van der Waals surface area contributed by atoms with Gasteiger partial charge in [-0.05, 0) is 73.9 Å². The summed E-state index contributed by atoms with van der Waals surface area (Å²) >= 11 is 0. The van der Waals surface area contributed by atoms with Gasteiger partial charge in [-0.2, -0.15) is 0 Å². The zero-order chi connectivity index (χ0) is 21.6. The van der Waals surface area contributed by atoms with Crippen molar-refractivity contribution >= 4 is 0 Å². The molecular weight excluding hydrogens is 382 g/mol. The number of aliphatic hydroxyl groups is 1. The maximum atomic E-state index is 10.9. The lowest BCUT2D eigenvalue weighted by molar-refractivity contribution is 0.135. The molecule has 0 spiro atoms. The third-order valence-electron chi connectivity index (χ3n) is 6.39. The van der Waals surface area contributed by atoms with E-state index in [0.29, 0.717) is 12.6 Å². The van der Waals surface area contributed by atoms with Gasteiger partial charge < -0.3 is 15.2 Å². The van der Waals surface area contributed by atoms with Crippen LogP contribution in [-0.2, 0) is 13.0 Å². The Balaban J connectivity index is 1.27. The summed E-state index contributed by atoms with van der Waals surface area (Å²) in [5.74, 6) is 0.825. The van der Waals surface area contributed by atoms with Gasteiger partial charge in [0.25, 0.3) is 0 Å². The summed E-state index contributed by atoms with van der Waals surface area (Å²) < 4.78 is 5.86. The molecular formula is C28H33NO2. The number of hydrogen-bond acceptors (Lipinski definition) is 3. The fourth-order valence-electron chi connectivity index (χ4n) is 4.46. The third kappa shape index (κ3) is 5.75. The Bertz CT molecular complexity index is 968. The highest BCUT2D eigenvalue weighted by Gasteiger charge is 2.29. The molecule has 3 aromatic rings. The molecule has 1 fully saturated rings. The van der Waals surface area contributed by atoms with Crippen LogP contribution in [0.3, 0.4) is 0 Å². The topological polar surface area (TPSA) is 41.5 Å². The largest absolute Gasteiger partial charge is 0.489 e. The molecule has 0 amide bonds. The maximum absolute atomic E-state index is 10.9. The molecule has 31 heavy (non-hydrogen) atoms. The third-order valence-corrected chi connectivity index (χ3v) is 6.39. The number of ether oxygens (including phenoxy) is 1. The van der Waals surface area contributed by atoms with Crippen molar-refractivity contribution in [1.82, 2.24) is 5.32 Å². The first-order valence-electron chi connectivity index (χ1n) is 11.4. The van der Waals surface area contributed by atoms with Crippen molar-refractivity contribution in [2.75, 3.05) is 0 Å². The fourth-order valence-corrected chi connectivity index (χ4v) is 4.46. The molecule has 3 aromatic carbocycles. The molecule has 2 N–H and O–H groups in total. The van der Waals surface area contributed by atoms with Crippen molar-refractivity contribution in [3.8, 4) is 5.75 Å². The minimum Gasteiger partial charge on any atom is -0.489 e. The number of hydrogen-bond donors (Lipinski definition) is 2. The Hall–Kier alpha value is -2.62. The Kier molecular flexibility index (Phi) is 7.06. The second kappa shape index (κ2) is 10.1. The summed E-state index contributed by atoms with van der Waals surface area (Å²) in [5.41, 5.74) is 6.23. The highest BCUT2D eigenvalue weighted by atomic mass is 16.5. The van der Waals surface area contributed by atoms with Gasteiger partial charge in [-0.1, -0.05) is 66.2 Å². The molecule has 1 aliphatic rings. The van der Waals surface area contributed by atoms with Crippen molar-refractivity contribution in [2.24, 2.45) is 0 Å². The van der Waals surface area contributed by atoms with Gasteiger partial charge in [0, 0.05) is 12.1 Å². The molecule has 1 saturated heterocycles. The SMILES string of the molecule is Cc1ccc(C)c(CCC2CCC(C(O)c3ccc(OCc4ccccc4)cc3)N2)c1. The van der Waals surface area contributed by atoms with Crippen LogP contribution in [0, 0.1) is 13.8 Å². The van der Waals surface area contributed by atoms with E-state index in [1.165, 1.54) is 16.7 Å². The predicted molar refractivity (Wildman–Crippen MR) is 126 cm³/mol. The molecule has 0 saturated carbocycles. The number of aliphatic hydroxyl groups excluding tert-OH is 1. The van der Waals surface area contributed by atoms with Crippen LogP contribution in [0.15, 0.2) is 72.8 Å². The van der Waals surface area contributed by atoms with Crippen LogP contribution in [0.5, 0.6) is 5.75 Å². The lowest BCUT2D eigenvalue weighted by atomic mass is 9.98. The van der Waals surface area contributed by atoms with Gasteiger partial charge in [0.05, 0.1) is 6.10 Å². The Labute approximate surface area is 186 Å². The van der Waals surface area contributed by atoms with Crippen LogP contribution in [0.1, 0.15) is 53.2 Å². The lowest BCUT2D eigenvalue weighted by Gasteiger charge is -2.21. The molecule has 3 atom stereocenters. The summed E-state index contributed by atoms with van der Waals surface area (Å²) in [4.78, 5) is 0. The summed E-state index contributed by atoms with van der Waals surface area (Å²) in [6.07, 6.45) is 3.82. The normalized spacial score (nSPS) is 19.3. The summed E-state index contributed by atoms with van der Waals surface area (Å²) in [7, 11) is 0. The molecule has 0 radical (unpaired) electrons. The van der Waals surface area contributed by atoms with Gasteiger partial charge in [-0.15, -0.1) is 0 Å². The molecule has 0 bridgehead atoms. The van der Waals surface area contributed by atoms with Gasteiger partial charge in [-0.3, -0.25) is 0 Å². The van der Waals surface area contributed by atoms with E-state index in [1.807, 2.05) is 42.5 Å². The van der Waals surface area contributed by atoms with Crippen molar-refractivity contribution in [1.29, 1.82) is 0 Å². The highest BCUT2D eigenvalue weighted by molar-refractivity contribution is 5.31. The van der Waals surface area contributed by atoms with E-state index in [-0.39, 0.29) is 6.04 Å². The molecule has 4 rings (SSSR count). The van der Waals surface area contributed by atoms with Crippen LogP contribution in [0.25, 0.3) is 0 Å². The Morgan fingerprint density at radius 3 is 2.52 bits per heavy atom. The summed E-state index contributed by atoms with van der Waals surface area (Å²) in [6, 6.07) is 25.3. The van der Waals surface area contributed by atoms with E-state index in [0.717, 1.165) is 42.6 Å². The minimum absolute atomic E-state index is 0.111. The second-order valence-corrected chi connectivity index (χ2v) is 8.80. The highest BCUT2D eigenvalue weighted by Crippen LogP contribution is 2.28. The molecule has 0 aliphatic carbocycles. The molecule has 3 unspecified atom stereocenters.